The number of aliphatic hydroxyl groups is 1. The number of hydroxylamine groups is 1. The molecule has 0 amide bonds. The summed E-state index contributed by atoms with van der Waals surface area (Å²) in [5.41, 5.74) is 1.23. The van der Waals surface area contributed by atoms with E-state index in [1.807, 2.05) is 6.92 Å². The molecule has 0 spiro atoms. The minimum atomic E-state index is -0.657. The molecule has 1 heterocycles. The summed E-state index contributed by atoms with van der Waals surface area (Å²) in [6.45, 7) is 2.80. The van der Waals surface area contributed by atoms with Crippen LogP contribution >= 0.6 is 0 Å². The first-order valence-electron chi connectivity index (χ1n) is 6.39. The Morgan fingerprint density at radius 3 is 2.85 bits per heavy atom. The predicted molar refractivity (Wildman–Crippen MR) is 71.5 cm³/mol. The summed E-state index contributed by atoms with van der Waals surface area (Å²) in [6, 6.07) is 6.97. The van der Waals surface area contributed by atoms with Crippen LogP contribution in [0.1, 0.15) is 12.5 Å². The zero-order valence-corrected chi connectivity index (χ0v) is 11.2. The third kappa shape index (κ3) is 2.92. The number of esters is 1. The van der Waals surface area contributed by atoms with Gasteiger partial charge in [-0.2, -0.15) is 5.06 Å². The van der Waals surface area contributed by atoms with Gasteiger partial charge in [0.25, 0.3) is 0 Å². The molecule has 0 fully saturated rings. The maximum atomic E-state index is 11.9. The number of hydrogen-bond acceptors (Lipinski definition) is 6. The molecule has 20 heavy (non-hydrogen) atoms. The molecule has 0 radical (unpaired) electrons. The zero-order valence-electron chi connectivity index (χ0n) is 11.2. The van der Waals surface area contributed by atoms with Crippen LogP contribution in [0, 0.1) is 0 Å². The highest BCUT2D eigenvalue weighted by atomic mass is 16.6. The molecule has 1 aliphatic rings. The molecular weight excluding hydrogens is 262 g/mol. The number of ether oxygens (including phenoxy) is 2. The number of nitrogens with zero attached hydrogens (tertiary/aromatic N) is 1. The molecule has 0 aromatic heterocycles. The minimum Gasteiger partial charge on any atom is -0.493 e. The molecule has 0 bridgehead atoms. The highest BCUT2D eigenvalue weighted by molar-refractivity contribution is 5.91. The van der Waals surface area contributed by atoms with E-state index < -0.39 is 11.9 Å². The summed E-state index contributed by atoms with van der Waals surface area (Å²) >= 11 is 0. The second kappa shape index (κ2) is 6.40. The lowest BCUT2D eigenvalue weighted by molar-refractivity contribution is -0.141. The molecule has 0 aliphatic carbocycles. The fourth-order valence-corrected chi connectivity index (χ4v) is 1.97. The van der Waals surface area contributed by atoms with Crippen molar-refractivity contribution < 1.29 is 24.6 Å². The van der Waals surface area contributed by atoms with Gasteiger partial charge < -0.3 is 14.6 Å². The van der Waals surface area contributed by atoms with Crippen molar-refractivity contribution in [3.8, 4) is 0 Å². The molecule has 2 N–H and O–H groups in total. The number of aliphatic hydroxyl groups excluding tert-OH is 1. The molecule has 1 aromatic carbocycles. The Balaban J connectivity index is 2.08. The highest BCUT2D eigenvalue weighted by Crippen LogP contribution is 2.31. The molecule has 0 saturated carbocycles. The minimum absolute atomic E-state index is 0.0303. The molecule has 1 aliphatic heterocycles. The van der Waals surface area contributed by atoms with Gasteiger partial charge in [0.15, 0.2) is 0 Å². The molecule has 6 heteroatoms. The van der Waals surface area contributed by atoms with Gasteiger partial charge in [-0.25, -0.2) is 4.79 Å². The molecule has 0 unspecified atom stereocenters. The number of rotatable bonds is 5. The SMILES string of the molecule is CCOCCOC(=O)C1=C(O)N(O)c2ccccc2C1. The van der Waals surface area contributed by atoms with Gasteiger partial charge in [0, 0.05) is 13.0 Å². The third-order valence-corrected chi connectivity index (χ3v) is 2.97. The van der Waals surface area contributed by atoms with Gasteiger partial charge in [-0.1, -0.05) is 18.2 Å². The van der Waals surface area contributed by atoms with E-state index in [1.165, 1.54) is 0 Å². The van der Waals surface area contributed by atoms with E-state index in [1.54, 1.807) is 24.3 Å². The summed E-state index contributed by atoms with van der Waals surface area (Å²) in [6.07, 6.45) is 0.215. The second-order valence-corrected chi connectivity index (χ2v) is 4.25. The van der Waals surface area contributed by atoms with E-state index in [0.717, 1.165) is 5.56 Å². The highest BCUT2D eigenvalue weighted by Gasteiger charge is 2.28. The van der Waals surface area contributed by atoms with Crippen molar-refractivity contribution in [2.75, 3.05) is 24.9 Å². The Bertz CT molecular complexity index is 526. The maximum Gasteiger partial charge on any atom is 0.339 e. The molecular formula is C14H17NO5. The van der Waals surface area contributed by atoms with Crippen LogP contribution in [0.2, 0.25) is 0 Å². The van der Waals surface area contributed by atoms with Crippen LogP contribution in [0.15, 0.2) is 35.7 Å². The Morgan fingerprint density at radius 1 is 1.35 bits per heavy atom. The third-order valence-electron chi connectivity index (χ3n) is 2.97. The topological polar surface area (TPSA) is 79.2 Å². The van der Waals surface area contributed by atoms with E-state index in [0.29, 0.717) is 24.0 Å². The van der Waals surface area contributed by atoms with Crippen molar-refractivity contribution in [2.45, 2.75) is 13.3 Å². The smallest absolute Gasteiger partial charge is 0.339 e. The number of fused-ring (bicyclic) bond motifs is 1. The van der Waals surface area contributed by atoms with Crippen molar-refractivity contribution in [1.82, 2.24) is 0 Å². The van der Waals surface area contributed by atoms with E-state index in [9.17, 15) is 15.1 Å². The quantitative estimate of drug-likeness (QED) is 0.632. The number of anilines is 1. The van der Waals surface area contributed by atoms with Gasteiger partial charge in [-0.15, -0.1) is 0 Å². The van der Waals surface area contributed by atoms with Crippen LogP contribution in [0.25, 0.3) is 0 Å². The molecule has 6 nitrogen and oxygen atoms in total. The molecule has 0 atom stereocenters. The van der Waals surface area contributed by atoms with Gasteiger partial charge in [0.1, 0.15) is 12.2 Å². The van der Waals surface area contributed by atoms with Crippen LogP contribution in [0.4, 0.5) is 5.69 Å². The largest absolute Gasteiger partial charge is 0.493 e. The molecule has 1 aromatic rings. The van der Waals surface area contributed by atoms with Gasteiger partial charge in [0.2, 0.25) is 5.88 Å². The van der Waals surface area contributed by atoms with E-state index in [2.05, 4.69) is 0 Å². The van der Waals surface area contributed by atoms with E-state index in [-0.39, 0.29) is 18.6 Å². The summed E-state index contributed by atoms with van der Waals surface area (Å²) in [5.74, 6) is -1.15. The standard InChI is InChI=1S/C14H17NO5/c1-2-19-7-8-20-14(17)11-9-10-5-3-4-6-12(10)15(18)13(11)16/h3-6,16,18H,2,7-9H2,1H3. The average molecular weight is 279 g/mol. The monoisotopic (exact) mass is 279 g/mol. The van der Waals surface area contributed by atoms with Crippen molar-refractivity contribution in [1.29, 1.82) is 0 Å². The van der Waals surface area contributed by atoms with Gasteiger partial charge in [-0.05, 0) is 18.6 Å². The zero-order chi connectivity index (χ0) is 14.5. The maximum absolute atomic E-state index is 11.9. The summed E-state index contributed by atoms with van der Waals surface area (Å²) in [5, 5.41) is 20.3. The van der Waals surface area contributed by atoms with Crippen LogP contribution in [0.3, 0.4) is 0 Å². The summed E-state index contributed by atoms with van der Waals surface area (Å²) in [4.78, 5) is 11.9. The number of carbonyl (C=O) groups excluding carboxylic acids is 1. The van der Waals surface area contributed by atoms with Gasteiger partial charge in [-0.3, -0.25) is 5.21 Å². The Hall–Kier alpha value is -2.05. The molecule has 108 valence electrons. The summed E-state index contributed by atoms with van der Waals surface area (Å²) in [7, 11) is 0. The van der Waals surface area contributed by atoms with Crippen molar-refractivity contribution >= 4 is 11.7 Å². The Morgan fingerprint density at radius 2 is 2.10 bits per heavy atom. The Labute approximate surface area is 116 Å². The van der Waals surface area contributed by atoms with Crippen molar-refractivity contribution in [3.63, 3.8) is 0 Å². The van der Waals surface area contributed by atoms with Crippen LogP contribution in [-0.4, -0.2) is 36.1 Å². The lowest BCUT2D eigenvalue weighted by atomic mass is 10.00. The number of carbonyl (C=O) groups is 1. The number of benzene rings is 1. The Kier molecular flexibility index (Phi) is 4.60. The predicted octanol–water partition coefficient (Wildman–Crippen LogP) is 1.79. The fraction of sp³-hybridized carbons (Fsp3) is 0.357. The van der Waals surface area contributed by atoms with Crippen LogP contribution in [0.5, 0.6) is 0 Å². The first-order valence-corrected chi connectivity index (χ1v) is 6.39. The average Bonchev–Trinajstić information content (AvgIpc) is 2.47. The van der Waals surface area contributed by atoms with Crippen LogP contribution in [-0.2, 0) is 20.7 Å². The second-order valence-electron chi connectivity index (χ2n) is 4.25. The fourth-order valence-electron chi connectivity index (χ4n) is 1.97. The lowest BCUT2D eigenvalue weighted by Gasteiger charge is -2.25. The van der Waals surface area contributed by atoms with Crippen molar-refractivity contribution in [3.05, 3.63) is 41.3 Å². The van der Waals surface area contributed by atoms with E-state index in [4.69, 9.17) is 9.47 Å². The lowest BCUT2D eigenvalue weighted by Crippen LogP contribution is -2.28. The van der Waals surface area contributed by atoms with Gasteiger partial charge in [0.05, 0.1) is 12.3 Å². The van der Waals surface area contributed by atoms with Gasteiger partial charge >= 0.3 is 5.97 Å². The first kappa shape index (κ1) is 14.4. The molecule has 2 rings (SSSR count). The molecule has 0 saturated heterocycles. The van der Waals surface area contributed by atoms with Crippen LogP contribution < -0.4 is 5.06 Å². The van der Waals surface area contributed by atoms with Crippen molar-refractivity contribution in [2.24, 2.45) is 0 Å². The van der Waals surface area contributed by atoms with E-state index >= 15 is 0 Å². The normalized spacial score (nSPS) is 14.2. The number of para-hydroxylation sites is 1. The first-order chi connectivity index (χ1) is 9.65. The summed E-state index contributed by atoms with van der Waals surface area (Å²) < 4.78 is 10.1. The number of hydrogen-bond donors (Lipinski definition) is 2.